The van der Waals surface area contributed by atoms with Crippen LogP contribution in [0.15, 0.2) is 41.3 Å². The Morgan fingerprint density at radius 1 is 1.14 bits per heavy atom. The van der Waals surface area contributed by atoms with Crippen LogP contribution in [0.5, 0.6) is 0 Å². The Kier molecular flexibility index (Phi) is 6.94. The van der Waals surface area contributed by atoms with Crippen molar-refractivity contribution in [1.29, 1.82) is 0 Å². The second kappa shape index (κ2) is 10.3. The predicted octanol–water partition coefficient (Wildman–Crippen LogP) is 3.30. The Morgan fingerprint density at radius 3 is 2.53 bits per heavy atom. The molecule has 1 aromatic carbocycles. The summed E-state index contributed by atoms with van der Waals surface area (Å²) < 4.78 is 1.90. The maximum absolute atomic E-state index is 14.0. The molecule has 1 aliphatic heterocycles. The highest BCUT2D eigenvalue weighted by atomic mass is 79.9. The molecule has 3 aromatic heterocycles. The van der Waals surface area contributed by atoms with Gasteiger partial charge in [0.1, 0.15) is 28.5 Å². The fraction of sp³-hybridized carbons (Fsp3) is 0.367. The van der Waals surface area contributed by atoms with Gasteiger partial charge < -0.3 is 20.4 Å². The number of anilines is 1. The molecule has 1 saturated carbocycles. The van der Waals surface area contributed by atoms with E-state index in [1.807, 2.05) is 26.0 Å². The monoisotopic (exact) mass is 647 g/mol. The molecule has 1 saturated heterocycles. The van der Waals surface area contributed by atoms with E-state index >= 15 is 0 Å². The average molecular weight is 649 g/mol. The third-order valence-electron chi connectivity index (χ3n) is 8.41. The molecular formula is C30H30BrN7O5. The van der Waals surface area contributed by atoms with E-state index < -0.39 is 23.0 Å². The summed E-state index contributed by atoms with van der Waals surface area (Å²) in [6, 6.07) is 6.64. The number of rotatable bonds is 7. The number of fused-ring (bicyclic) bond motifs is 2. The van der Waals surface area contributed by atoms with E-state index in [9.17, 15) is 24.6 Å². The van der Waals surface area contributed by atoms with Crippen molar-refractivity contribution in [2.75, 3.05) is 5.32 Å². The Labute approximate surface area is 255 Å². The number of piperidine rings is 1. The van der Waals surface area contributed by atoms with Crippen molar-refractivity contribution >= 4 is 50.2 Å². The number of benzene rings is 1. The van der Waals surface area contributed by atoms with Crippen molar-refractivity contribution in [3.63, 3.8) is 0 Å². The van der Waals surface area contributed by atoms with E-state index in [1.165, 1.54) is 16.5 Å². The first-order valence-electron chi connectivity index (χ1n) is 13.8. The van der Waals surface area contributed by atoms with E-state index in [4.69, 9.17) is 0 Å². The van der Waals surface area contributed by atoms with Crippen LogP contribution in [0.25, 0.3) is 22.0 Å². The molecule has 2 aliphatic rings. The van der Waals surface area contributed by atoms with Gasteiger partial charge in [0.2, 0.25) is 11.6 Å². The molecule has 2 amide bonds. The molecule has 4 heterocycles. The molecule has 6 rings (SSSR count). The van der Waals surface area contributed by atoms with Crippen molar-refractivity contribution < 1.29 is 24.6 Å². The van der Waals surface area contributed by atoms with E-state index in [1.54, 1.807) is 31.5 Å². The number of aliphatic hydroxyl groups excluding tert-OH is 1. The third kappa shape index (κ3) is 4.90. The van der Waals surface area contributed by atoms with Crippen LogP contribution >= 0.6 is 15.9 Å². The number of carbonyl (C=O) groups is 3. The van der Waals surface area contributed by atoms with E-state index in [2.05, 4.69) is 41.3 Å². The van der Waals surface area contributed by atoms with Gasteiger partial charge in [-0.2, -0.15) is 5.10 Å². The van der Waals surface area contributed by atoms with Gasteiger partial charge in [-0.15, -0.1) is 0 Å². The standard InChI is InChI=1S/C30H30BrN7O5/c1-15-7-19(20-10-32-17(3)33-11-20)8-21-25(16(2)40)36-37(26(15)21)12-24(41)38-22-9-29(22,4)14-30(38,43)28(42)35-27-18(13-39)5-6-23(31)34-27/h5-8,10-11,22,39,43H,9,12-14H2,1-4H3,(H,34,35,42)/t22-,29-,30-/m1/s1. The number of nitrogens with one attached hydrogen (secondary N) is 1. The molecule has 3 N–H and O–H groups in total. The molecule has 0 unspecified atom stereocenters. The first-order valence-corrected chi connectivity index (χ1v) is 14.6. The fourth-order valence-electron chi connectivity index (χ4n) is 6.17. The summed E-state index contributed by atoms with van der Waals surface area (Å²) in [5.41, 5.74) is 0.967. The first-order chi connectivity index (χ1) is 20.3. The minimum absolute atomic E-state index is 0.0459. The minimum atomic E-state index is -2.15. The van der Waals surface area contributed by atoms with Gasteiger partial charge >= 0.3 is 0 Å². The number of halogens is 1. The summed E-state index contributed by atoms with van der Waals surface area (Å²) in [6.45, 7) is 6.34. The van der Waals surface area contributed by atoms with Gasteiger partial charge in [0.25, 0.3) is 5.91 Å². The number of Topliss-reactive ketones (excluding diaryl/α,β-unsaturated/α-hetero) is 1. The lowest BCUT2D eigenvalue weighted by Gasteiger charge is -2.35. The SMILES string of the molecule is CC(=O)c1nn(CC(=O)N2[C@@H]3C[C@]3(C)C[C@@]2(O)C(=O)Nc2nc(Br)ccc2CO)c2c(C)cc(-c3cnc(C)nc3)cc12. The molecule has 2 fully saturated rings. The molecule has 4 aromatic rings. The number of pyridine rings is 1. The first kappa shape index (κ1) is 29.0. The van der Waals surface area contributed by atoms with Crippen molar-refractivity contribution in [1.82, 2.24) is 29.6 Å². The van der Waals surface area contributed by atoms with Gasteiger partial charge in [-0.3, -0.25) is 19.1 Å². The molecule has 3 atom stereocenters. The van der Waals surface area contributed by atoms with E-state index in [0.29, 0.717) is 33.3 Å². The average Bonchev–Trinajstić information content (AvgIpc) is 3.32. The van der Waals surface area contributed by atoms with Crippen LogP contribution in [0, 0.1) is 19.3 Å². The summed E-state index contributed by atoms with van der Waals surface area (Å²) in [7, 11) is 0. The Morgan fingerprint density at radius 2 is 1.86 bits per heavy atom. The number of ketones is 1. The van der Waals surface area contributed by atoms with Crippen molar-refractivity contribution in [2.24, 2.45) is 5.41 Å². The lowest BCUT2D eigenvalue weighted by Crippen LogP contribution is -2.58. The zero-order valence-electron chi connectivity index (χ0n) is 24.1. The number of aryl methyl sites for hydroxylation is 2. The van der Waals surface area contributed by atoms with Crippen LogP contribution in [-0.4, -0.2) is 69.2 Å². The zero-order valence-corrected chi connectivity index (χ0v) is 25.6. The van der Waals surface area contributed by atoms with Gasteiger partial charge in [0.05, 0.1) is 12.1 Å². The van der Waals surface area contributed by atoms with Crippen LogP contribution in [0.1, 0.15) is 54.1 Å². The van der Waals surface area contributed by atoms with Crippen LogP contribution in [0.4, 0.5) is 5.82 Å². The highest BCUT2D eigenvalue weighted by molar-refractivity contribution is 9.10. The minimum Gasteiger partial charge on any atom is -0.392 e. The van der Waals surface area contributed by atoms with Crippen molar-refractivity contribution in [3.05, 3.63) is 63.9 Å². The van der Waals surface area contributed by atoms with Gasteiger partial charge in [0.15, 0.2) is 5.78 Å². The molecule has 0 spiro atoms. The summed E-state index contributed by atoms with van der Waals surface area (Å²) in [4.78, 5) is 54.2. The number of hydrogen-bond acceptors (Lipinski definition) is 9. The number of carbonyl (C=O) groups excluding carboxylic acids is 3. The Hall–Kier alpha value is -4.07. The Bertz CT molecular complexity index is 1820. The molecule has 13 heteroatoms. The molecule has 12 nitrogen and oxygen atoms in total. The maximum Gasteiger partial charge on any atom is 0.278 e. The van der Waals surface area contributed by atoms with Gasteiger partial charge in [-0.1, -0.05) is 13.0 Å². The number of amides is 2. The second-order valence-electron chi connectivity index (χ2n) is 11.7. The van der Waals surface area contributed by atoms with Gasteiger partial charge in [-0.05, 0) is 70.9 Å². The molecule has 43 heavy (non-hydrogen) atoms. The Balaban J connectivity index is 1.34. The van der Waals surface area contributed by atoms with Crippen LogP contribution in [-0.2, 0) is 22.7 Å². The summed E-state index contributed by atoms with van der Waals surface area (Å²) in [6.07, 6.45) is 4.11. The predicted molar refractivity (Wildman–Crippen MR) is 160 cm³/mol. The van der Waals surface area contributed by atoms with E-state index in [0.717, 1.165) is 16.7 Å². The van der Waals surface area contributed by atoms with Gasteiger partial charge in [0, 0.05) is 48.3 Å². The van der Waals surface area contributed by atoms with E-state index in [-0.39, 0.29) is 42.9 Å². The summed E-state index contributed by atoms with van der Waals surface area (Å²) >= 11 is 3.26. The van der Waals surface area contributed by atoms with Crippen LogP contribution in [0.3, 0.4) is 0 Å². The number of likely N-dealkylation sites (tertiary alicyclic amines) is 1. The van der Waals surface area contributed by atoms with Crippen molar-refractivity contribution in [3.8, 4) is 11.1 Å². The largest absolute Gasteiger partial charge is 0.392 e. The third-order valence-corrected chi connectivity index (χ3v) is 8.85. The number of aliphatic hydroxyl groups is 2. The van der Waals surface area contributed by atoms with Gasteiger partial charge in [-0.25, -0.2) is 15.0 Å². The van der Waals surface area contributed by atoms with Crippen molar-refractivity contribution in [2.45, 2.75) is 65.5 Å². The molecule has 222 valence electrons. The van der Waals surface area contributed by atoms with Crippen LogP contribution in [0.2, 0.25) is 0 Å². The highest BCUT2D eigenvalue weighted by Gasteiger charge is 2.71. The molecule has 0 radical (unpaired) electrons. The molecule has 1 aliphatic carbocycles. The second-order valence-corrected chi connectivity index (χ2v) is 12.5. The lowest BCUT2D eigenvalue weighted by atomic mass is 9.98. The van der Waals surface area contributed by atoms with Crippen LogP contribution < -0.4 is 5.32 Å². The molecular weight excluding hydrogens is 618 g/mol. The topological polar surface area (TPSA) is 163 Å². The highest BCUT2D eigenvalue weighted by Crippen LogP contribution is 2.62. The zero-order chi connectivity index (χ0) is 30.8. The number of hydrogen-bond donors (Lipinski definition) is 3. The quantitative estimate of drug-likeness (QED) is 0.202. The maximum atomic E-state index is 14.0. The summed E-state index contributed by atoms with van der Waals surface area (Å²) in [5, 5.41) is 29.2. The normalized spacial score (nSPS) is 22.5. The number of aromatic nitrogens is 5. The molecule has 0 bridgehead atoms. The smallest absolute Gasteiger partial charge is 0.278 e. The fourth-order valence-corrected chi connectivity index (χ4v) is 6.48. The summed E-state index contributed by atoms with van der Waals surface area (Å²) in [5.74, 6) is -0.862. The lowest BCUT2D eigenvalue weighted by molar-refractivity contribution is -0.168. The number of nitrogens with zero attached hydrogens (tertiary/aromatic N) is 6.